The summed E-state index contributed by atoms with van der Waals surface area (Å²) >= 11 is 0. The normalized spacial score (nSPS) is 30.3. The van der Waals surface area contributed by atoms with Crippen molar-refractivity contribution in [1.82, 2.24) is 20.2 Å². The number of nitrogens with one attached hydrogen (secondary N) is 1. The average molecular weight is 686 g/mol. The fourth-order valence-corrected chi connectivity index (χ4v) is 10.7. The molecule has 5 atom stereocenters. The van der Waals surface area contributed by atoms with Crippen LogP contribution in [0.5, 0.6) is 17.5 Å². The Hall–Kier alpha value is -3.87. The van der Waals surface area contributed by atoms with Gasteiger partial charge < -0.3 is 29.5 Å². The van der Waals surface area contributed by atoms with Gasteiger partial charge in [0.1, 0.15) is 36.5 Å². The number of piperazine rings is 1. The van der Waals surface area contributed by atoms with E-state index in [-0.39, 0.29) is 76.3 Å². The molecule has 7 heterocycles. The number of hydrogen-bond donors (Lipinski definition) is 2. The van der Waals surface area contributed by atoms with Crippen LogP contribution < -0.4 is 19.7 Å². The summed E-state index contributed by atoms with van der Waals surface area (Å²) in [6.45, 7) is 2.93. The zero-order chi connectivity index (χ0) is 33.5. The molecule has 260 valence electrons. The van der Waals surface area contributed by atoms with Crippen molar-refractivity contribution in [1.29, 1.82) is 0 Å². The number of ether oxygens (including phenoxy) is 3. The largest absolute Gasteiger partial charge is 0.508 e. The van der Waals surface area contributed by atoms with E-state index in [9.17, 15) is 9.50 Å². The minimum atomic E-state index is -0.929. The monoisotopic (exact) mass is 685 g/mol. The van der Waals surface area contributed by atoms with Gasteiger partial charge in [-0.2, -0.15) is 9.97 Å². The molecule has 50 heavy (non-hydrogen) atoms. The van der Waals surface area contributed by atoms with Crippen molar-refractivity contribution in [3.05, 3.63) is 47.0 Å². The third-order valence-electron chi connectivity index (χ3n) is 13.1. The van der Waals surface area contributed by atoms with Crippen molar-refractivity contribution in [3.63, 3.8) is 0 Å². The molecule has 5 fully saturated rings. The molecular weight excluding hydrogens is 647 g/mol. The van der Waals surface area contributed by atoms with Gasteiger partial charge >= 0.3 is 6.01 Å². The van der Waals surface area contributed by atoms with E-state index in [0.29, 0.717) is 49.3 Å². The van der Waals surface area contributed by atoms with E-state index in [2.05, 4.69) is 20.1 Å². The van der Waals surface area contributed by atoms with Gasteiger partial charge in [0.25, 0.3) is 0 Å². The molecule has 1 aliphatic carbocycles. The molecule has 7 aliphatic rings. The minimum absolute atomic E-state index is 0.0114. The molecule has 1 spiro atoms. The predicted molar refractivity (Wildman–Crippen MR) is 179 cm³/mol. The van der Waals surface area contributed by atoms with Gasteiger partial charge in [0.05, 0.1) is 35.7 Å². The molecule has 12 heteroatoms. The van der Waals surface area contributed by atoms with E-state index >= 15 is 8.78 Å². The first-order chi connectivity index (χ1) is 24.3. The second kappa shape index (κ2) is 10.4. The first-order valence-corrected chi connectivity index (χ1v) is 18.0. The highest BCUT2D eigenvalue weighted by Crippen LogP contribution is 2.57. The summed E-state index contributed by atoms with van der Waals surface area (Å²) in [5, 5.41) is 15.9. The number of fused-ring (bicyclic) bond motifs is 9. The summed E-state index contributed by atoms with van der Waals surface area (Å²) in [5.74, 6) is -1.56. The van der Waals surface area contributed by atoms with E-state index in [1.165, 1.54) is 12.5 Å². The molecule has 4 aromatic rings. The van der Waals surface area contributed by atoms with Crippen molar-refractivity contribution in [3.8, 4) is 28.6 Å². The molecule has 4 saturated heterocycles. The zero-order valence-corrected chi connectivity index (χ0v) is 27.6. The van der Waals surface area contributed by atoms with E-state index in [1.807, 2.05) is 12.1 Å². The summed E-state index contributed by atoms with van der Waals surface area (Å²) in [6, 6.07) is 6.91. The van der Waals surface area contributed by atoms with Gasteiger partial charge in [-0.05, 0) is 77.1 Å². The molecule has 11 rings (SSSR count). The Labute approximate surface area is 286 Å². The van der Waals surface area contributed by atoms with Crippen LogP contribution in [-0.4, -0.2) is 82.7 Å². The highest BCUT2D eigenvalue weighted by Gasteiger charge is 2.60. The minimum Gasteiger partial charge on any atom is -0.508 e. The number of nitrogens with zero attached hydrogens (tertiary/aromatic N) is 4. The Balaban J connectivity index is 1.10. The fourth-order valence-electron chi connectivity index (χ4n) is 10.7. The lowest BCUT2D eigenvalue weighted by molar-refractivity contribution is 0.104. The Kier molecular flexibility index (Phi) is 6.18. The second-order valence-corrected chi connectivity index (χ2v) is 16.0. The standard InChI is InChI=1S/C38H38F3N5O4/c39-21-10-38(16-37(6-1-7-37)17-45(38)11-21)18-50-36-43-33-30-34(49-15-27-26-5-4-22(42-26)12-46(27)35(30)44-36)32(41)29(31(33)40)24-9-23(47)8-19-2-3-20-13-48-14-25(20)28(19)24/h2-3,8-9,21-22,26-27,42,47H,1,4-7,10-18H2/t21-,22?,26?,27?,38-/m0/s1. The van der Waals surface area contributed by atoms with Gasteiger partial charge in [-0.1, -0.05) is 18.6 Å². The number of hydrogen-bond acceptors (Lipinski definition) is 9. The first-order valence-electron chi connectivity index (χ1n) is 18.0. The molecule has 3 unspecified atom stereocenters. The Morgan fingerprint density at radius 3 is 2.82 bits per heavy atom. The Morgan fingerprint density at radius 2 is 1.96 bits per heavy atom. The van der Waals surface area contributed by atoms with Crippen LogP contribution in [0.3, 0.4) is 0 Å². The highest BCUT2D eigenvalue weighted by molar-refractivity contribution is 6.05. The van der Waals surface area contributed by atoms with Gasteiger partial charge in [-0.25, -0.2) is 13.2 Å². The van der Waals surface area contributed by atoms with Crippen LogP contribution >= 0.6 is 0 Å². The molecule has 0 radical (unpaired) electrons. The number of alkyl halides is 1. The smallest absolute Gasteiger partial charge is 0.319 e. The number of phenols is 1. The molecule has 6 aliphatic heterocycles. The maximum Gasteiger partial charge on any atom is 0.319 e. The molecular formula is C38H38F3N5O4. The van der Waals surface area contributed by atoms with Gasteiger partial charge in [0, 0.05) is 38.1 Å². The van der Waals surface area contributed by atoms with E-state index < -0.39 is 23.3 Å². The number of phenolic OH excluding ortho intramolecular Hbond substituents is 1. The van der Waals surface area contributed by atoms with Crippen molar-refractivity contribution in [2.24, 2.45) is 5.41 Å². The van der Waals surface area contributed by atoms with Crippen LogP contribution in [0.2, 0.25) is 0 Å². The van der Waals surface area contributed by atoms with Gasteiger partial charge in [0.15, 0.2) is 17.4 Å². The maximum absolute atomic E-state index is 17.4. The molecule has 9 nitrogen and oxygen atoms in total. The van der Waals surface area contributed by atoms with Gasteiger partial charge in [-0.3, -0.25) is 4.90 Å². The maximum atomic E-state index is 17.4. The van der Waals surface area contributed by atoms with Crippen LogP contribution in [0.1, 0.15) is 56.1 Å². The molecule has 2 bridgehead atoms. The van der Waals surface area contributed by atoms with Crippen LogP contribution in [-0.2, 0) is 18.0 Å². The summed E-state index contributed by atoms with van der Waals surface area (Å²) in [5.41, 5.74) is 1.29. The number of benzene rings is 3. The third kappa shape index (κ3) is 4.12. The Bertz CT molecular complexity index is 2130. The van der Waals surface area contributed by atoms with Crippen LogP contribution in [0.25, 0.3) is 32.8 Å². The number of aromatic nitrogens is 2. The summed E-state index contributed by atoms with van der Waals surface area (Å²) in [7, 11) is 0. The number of halogens is 3. The van der Waals surface area contributed by atoms with E-state index in [4.69, 9.17) is 19.2 Å². The average Bonchev–Trinajstić information content (AvgIpc) is 3.83. The topological polar surface area (TPSA) is 92.2 Å². The fraction of sp³-hybridized carbons (Fsp3) is 0.526. The Morgan fingerprint density at radius 1 is 1.06 bits per heavy atom. The van der Waals surface area contributed by atoms with Crippen molar-refractivity contribution in [2.45, 2.75) is 88.0 Å². The molecule has 2 N–H and O–H groups in total. The molecule has 1 saturated carbocycles. The van der Waals surface area contributed by atoms with Crippen molar-refractivity contribution in [2.75, 3.05) is 37.7 Å². The summed E-state index contributed by atoms with van der Waals surface area (Å²) in [6.07, 6.45) is 5.75. The molecule has 0 amide bonds. The van der Waals surface area contributed by atoms with E-state index in [0.717, 1.165) is 49.8 Å². The number of aromatic hydroxyl groups is 1. The predicted octanol–water partition coefficient (Wildman–Crippen LogP) is 5.90. The first kappa shape index (κ1) is 29.8. The highest BCUT2D eigenvalue weighted by atomic mass is 19.1. The summed E-state index contributed by atoms with van der Waals surface area (Å²) < 4.78 is 68.0. The van der Waals surface area contributed by atoms with Crippen LogP contribution in [0, 0.1) is 17.0 Å². The zero-order valence-electron chi connectivity index (χ0n) is 27.6. The lowest BCUT2D eigenvalue weighted by Crippen LogP contribution is -2.60. The lowest BCUT2D eigenvalue weighted by Gasteiger charge is -2.40. The number of anilines is 1. The van der Waals surface area contributed by atoms with Crippen molar-refractivity contribution >= 4 is 27.5 Å². The van der Waals surface area contributed by atoms with Crippen molar-refractivity contribution < 1.29 is 32.5 Å². The number of rotatable bonds is 4. The lowest BCUT2D eigenvalue weighted by atomic mass is 9.65. The quantitative estimate of drug-likeness (QED) is 0.273. The van der Waals surface area contributed by atoms with Gasteiger partial charge in [0.2, 0.25) is 0 Å². The van der Waals surface area contributed by atoms with E-state index in [1.54, 1.807) is 6.07 Å². The molecule has 3 aromatic carbocycles. The van der Waals surface area contributed by atoms with Crippen LogP contribution in [0.4, 0.5) is 19.0 Å². The second-order valence-electron chi connectivity index (χ2n) is 16.0. The van der Waals surface area contributed by atoms with Gasteiger partial charge in [-0.15, -0.1) is 0 Å². The third-order valence-corrected chi connectivity index (χ3v) is 13.1. The molecule has 1 aromatic heterocycles. The summed E-state index contributed by atoms with van der Waals surface area (Å²) in [4.78, 5) is 14.0. The van der Waals surface area contributed by atoms with Crippen LogP contribution in [0.15, 0.2) is 24.3 Å². The SMILES string of the molecule is Oc1cc(-c2c(F)c3c4c(nc(OC[C@@]56C[C@H](F)CN5CC5(CCC5)C6)nc4c2F)N2CC4CCC(N4)C2CO3)c2c3c(ccc2c1)COC3.